The SMILES string of the molecule is CCn1c(COc2cc(Cl)ccc2Cl)nnc1SCC(=O)Nc1sccc1C#N. The summed E-state index contributed by atoms with van der Waals surface area (Å²) in [5, 5.41) is 23.9. The highest BCUT2D eigenvalue weighted by molar-refractivity contribution is 7.99. The molecule has 3 aromatic rings. The molecule has 0 fully saturated rings. The van der Waals surface area contributed by atoms with Crippen LogP contribution in [0.1, 0.15) is 18.3 Å². The van der Waals surface area contributed by atoms with Gasteiger partial charge in [0.1, 0.15) is 23.4 Å². The number of nitrogens with zero attached hydrogens (tertiary/aromatic N) is 4. The summed E-state index contributed by atoms with van der Waals surface area (Å²) in [5.41, 5.74) is 0.448. The fourth-order valence-electron chi connectivity index (χ4n) is 2.37. The van der Waals surface area contributed by atoms with Crippen molar-refractivity contribution in [2.75, 3.05) is 11.1 Å². The largest absolute Gasteiger partial charge is 0.484 e. The first-order valence-electron chi connectivity index (χ1n) is 8.42. The third kappa shape index (κ3) is 5.42. The number of nitriles is 1. The highest BCUT2D eigenvalue weighted by Gasteiger charge is 2.15. The van der Waals surface area contributed by atoms with Crippen molar-refractivity contribution >= 4 is 57.2 Å². The van der Waals surface area contributed by atoms with Crippen LogP contribution in [0.4, 0.5) is 5.00 Å². The number of rotatable bonds is 8. The summed E-state index contributed by atoms with van der Waals surface area (Å²) >= 11 is 14.7. The lowest BCUT2D eigenvalue weighted by Gasteiger charge is -2.10. The summed E-state index contributed by atoms with van der Waals surface area (Å²) in [6.45, 7) is 2.73. The molecule has 29 heavy (non-hydrogen) atoms. The third-order valence-electron chi connectivity index (χ3n) is 3.73. The molecule has 0 aliphatic heterocycles. The maximum atomic E-state index is 12.2. The fourth-order valence-corrected chi connectivity index (χ4v) is 4.28. The van der Waals surface area contributed by atoms with Gasteiger partial charge in [-0.1, -0.05) is 35.0 Å². The number of anilines is 1. The highest BCUT2D eigenvalue weighted by atomic mass is 35.5. The lowest BCUT2D eigenvalue weighted by atomic mass is 10.3. The first-order chi connectivity index (χ1) is 14.0. The molecule has 0 aliphatic carbocycles. The Balaban J connectivity index is 1.61. The number of nitrogens with one attached hydrogen (secondary N) is 1. The average Bonchev–Trinajstić information content (AvgIpc) is 3.32. The molecule has 2 aromatic heterocycles. The Hall–Kier alpha value is -2.25. The molecule has 0 atom stereocenters. The zero-order valence-electron chi connectivity index (χ0n) is 15.2. The molecule has 1 aromatic carbocycles. The predicted octanol–water partition coefficient (Wildman–Crippen LogP) is 4.85. The molecular formula is C18H15Cl2N5O2S2. The number of carbonyl (C=O) groups excluding carboxylic acids is 1. The van der Waals surface area contributed by atoms with Crippen LogP contribution in [0.3, 0.4) is 0 Å². The second kappa shape index (κ2) is 9.98. The number of aromatic nitrogens is 3. The van der Waals surface area contributed by atoms with Gasteiger partial charge in [-0.25, -0.2) is 0 Å². The lowest BCUT2D eigenvalue weighted by molar-refractivity contribution is -0.113. The molecule has 0 saturated carbocycles. The van der Waals surface area contributed by atoms with E-state index in [1.54, 1.807) is 29.6 Å². The van der Waals surface area contributed by atoms with Crippen LogP contribution in [0.5, 0.6) is 5.75 Å². The minimum absolute atomic E-state index is 0.141. The van der Waals surface area contributed by atoms with E-state index in [4.69, 9.17) is 33.2 Å². The van der Waals surface area contributed by atoms with Crippen LogP contribution in [0, 0.1) is 11.3 Å². The van der Waals surface area contributed by atoms with E-state index in [1.807, 2.05) is 17.6 Å². The van der Waals surface area contributed by atoms with Crippen molar-refractivity contribution in [1.82, 2.24) is 14.8 Å². The van der Waals surface area contributed by atoms with Crippen molar-refractivity contribution in [1.29, 1.82) is 5.26 Å². The van der Waals surface area contributed by atoms with Crippen LogP contribution in [0.25, 0.3) is 0 Å². The molecule has 0 unspecified atom stereocenters. The van der Waals surface area contributed by atoms with E-state index in [0.717, 1.165) is 0 Å². The van der Waals surface area contributed by atoms with Crippen LogP contribution >= 0.6 is 46.3 Å². The first-order valence-corrected chi connectivity index (χ1v) is 11.0. The Labute approximate surface area is 185 Å². The summed E-state index contributed by atoms with van der Waals surface area (Å²) in [6, 6.07) is 8.69. The molecule has 2 heterocycles. The van der Waals surface area contributed by atoms with Crippen LogP contribution in [0.2, 0.25) is 10.0 Å². The Bertz CT molecular complexity index is 1060. The van der Waals surface area contributed by atoms with Crippen LogP contribution in [-0.2, 0) is 17.9 Å². The topological polar surface area (TPSA) is 92.8 Å². The number of thiophene rings is 1. The zero-order chi connectivity index (χ0) is 20.8. The van der Waals surface area contributed by atoms with Gasteiger partial charge >= 0.3 is 0 Å². The number of benzene rings is 1. The van der Waals surface area contributed by atoms with Crippen molar-refractivity contribution in [2.24, 2.45) is 0 Å². The van der Waals surface area contributed by atoms with E-state index in [1.165, 1.54) is 23.1 Å². The Morgan fingerprint density at radius 2 is 2.21 bits per heavy atom. The number of halogens is 2. The van der Waals surface area contributed by atoms with Crippen molar-refractivity contribution in [3.05, 3.63) is 51.1 Å². The molecule has 0 spiro atoms. The quantitative estimate of drug-likeness (QED) is 0.476. The van der Waals surface area contributed by atoms with E-state index in [9.17, 15) is 4.79 Å². The van der Waals surface area contributed by atoms with Gasteiger partial charge in [-0.2, -0.15) is 5.26 Å². The van der Waals surface area contributed by atoms with E-state index in [0.29, 0.717) is 43.9 Å². The number of hydrogen-bond donors (Lipinski definition) is 1. The average molecular weight is 468 g/mol. The van der Waals surface area contributed by atoms with E-state index < -0.39 is 0 Å². The molecule has 150 valence electrons. The van der Waals surface area contributed by atoms with Gasteiger partial charge in [0.2, 0.25) is 5.91 Å². The Morgan fingerprint density at radius 3 is 2.97 bits per heavy atom. The summed E-state index contributed by atoms with van der Waals surface area (Å²) in [4.78, 5) is 12.2. The van der Waals surface area contributed by atoms with Gasteiger partial charge in [0.15, 0.2) is 11.0 Å². The minimum Gasteiger partial charge on any atom is -0.484 e. The highest BCUT2D eigenvalue weighted by Crippen LogP contribution is 2.29. The zero-order valence-corrected chi connectivity index (χ0v) is 18.3. The normalized spacial score (nSPS) is 10.6. The van der Waals surface area contributed by atoms with Crippen molar-refractivity contribution in [3.8, 4) is 11.8 Å². The number of hydrogen-bond acceptors (Lipinski definition) is 7. The second-order valence-electron chi connectivity index (χ2n) is 5.62. The predicted molar refractivity (Wildman–Crippen MR) is 115 cm³/mol. The van der Waals surface area contributed by atoms with Gasteiger partial charge in [-0.3, -0.25) is 4.79 Å². The van der Waals surface area contributed by atoms with E-state index >= 15 is 0 Å². The van der Waals surface area contributed by atoms with Gasteiger partial charge in [-0.05, 0) is 30.5 Å². The van der Waals surface area contributed by atoms with Crippen LogP contribution < -0.4 is 10.1 Å². The molecule has 0 radical (unpaired) electrons. The maximum Gasteiger partial charge on any atom is 0.235 e. The van der Waals surface area contributed by atoms with Crippen molar-refractivity contribution in [2.45, 2.75) is 25.2 Å². The van der Waals surface area contributed by atoms with Crippen LogP contribution in [-0.4, -0.2) is 26.4 Å². The molecule has 1 N–H and O–H groups in total. The fraction of sp³-hybridized carbons (Fsp3) is 0.222. The molecule has 7 nitrogen and oxygen atoms in total. The van der Waals surface area contributed by atoms with E-state index in [-0.39, 0.29) is 18.3 Å². The molecule has 11 heteroatoms. The second-order valence-corrected chi connectivity index (χ2v) is 8.32. The third-order valence-corrected chi connectivity index (χ3v) is 6.07. The number of amides is 1. The number of thioether (sulfide) groups is 1. The lowest BCUT2D eigenvalue weighted by Crippen LogP contribution is -2.14. The first kappa shape index (κ1) is 21.5. The molecule has 0 saturated heterocycles. The molecule has 3 rings (SSSR count). The number of carbonyl (C=O) groups is 1. The van der Waals surface area contributed by atoms with Gasteiger partial charge in [0, 0.05) is 17.6 Å². The van der Waals surface area contributed by atoms with Gasteiger partial charge in [0.05, 0.1) is 16.3 Å². The van der Waals surface area contributed by atoms with Crippen molar-refractivity contribution in [3.63, 3.8) is 0 Å². The smallest absolute Gasteiger partial charge is 0.235 e. The Kier molecular flexibility index (Phi) is 7.39. The van der Waals surface area contributed by atoms with Gasteiger partial charge in [0.25, 0.3) is 0 Å². The standard InChI is InChI=1S/C18H15Cl2N5O2S2/c1-2-25-15(9-27-14-7-12(19)3-4-13(14)20)23-24-18(25)29-10-16(26)22-17-11(8-21)5-6-28-17/h3-7H,2,9-10H2,1H3,(H,22,26). The Morgan fingerprint density at radius 1 is 1.38 bits per heavy atom. The van der Waals surface area contributed by atoms with Gasteiger partial charge < -0.3 is 14.6 Å². The summed E-state index contributed by atoms with van der Waals surface area (Å²) in [7, 11) is 0. The van der Waals surface area contributed by atoms with Crippen LogP contribution in [0.15, 0.2) is 34.8 Å². The maximum absolute atomic E-state index is 12.2. The summed E-state index contributed by atoms with van der Waals surface area (Å²) < 4.78 is 7.59. The van der Waals surface area contributed by atoms with Gasteiger partial charge in [-0.15, -0.1) is 21.5 Å². The summed E-state index contributed by atoms with van der Waals surface area (Å²) in [6.07, 6.45) is 0. The minimum atomic E-state index is -0.219. The molecular weight excluding hydrogens is 453 g/mol. The molecule has 0 aliphatic rings. The summed E-state index contributed by atoms with van der Waals surface area (Å²) in [5.74, 6) is 0.990. The van der Waals surface area contributed by atoms with E-state index in [2.05, 4.69) is 15.5 Å². The molecule has 0 bridgehead atoms. The monoisotopic (exact) mass is 467 g/mol. The van der Waals surface area contributed by atoms with Crippen molar-refractivity contribution < 1.29 is 9.53 Å². The molecule has 1 amide bonds. The number of ether oxygens (including phenoxy) is 1.